The third-order valence-corrected chi connectivity index (χ3v) is 6.94. The Bertz CT molecular complexity index is 1450. The van der Waals surface area contributed by atoms with E-state index in [0.717, 1.165) is 59.7 Å². The van der Waals surface area contributed by atoms with Gasteiger partial charge in [0.25, 0.3) is 11.3 Å². The largest absolute Gasteiger partial charge is 0.378 e. The lowest BCUT2D eigenvalue weighted by Crippen LogP contribution is -2.36. The van der Waals surface area contributed by atoms with E-state index in [1.807, 2.05) is 48.5 Å². The van der Waals surface area contributed by atoms with Crippen LogP contribution in [0.2, 0.25) is 0 Å². The minimum Gasteiger partial charge on any atom is -0.378 e. The van der Waals surface area contributed by atoms with Crippen molar-refractivity contribution in [2.45, 2.75) is 6.42 Å². The normalized spacial score (nSPS) is 14.2. The number of morpholine rings is 1. The van der Waals surface area contributed by atoms with E-state index >= 15 is 0 Å². The fourth-order valence-electron chi connectivity index (χ4n) is 4.34. The maximum atomic E-state index is 11.7. The van der Waals surface area contributed by atoms with Gasteiger partial charge in [-0.2, -0.15) is 5.26 Å². The Morgan fingerprint density at radius 2 is 1.89 bits per heavy atom. The molecule has 1 aliphatic rings. The van der Waals surface area contributed by atoms with Crippen molar-refractivity contribution in [3.05, 3.63) is 72.9 Å². The number of nitriles is 1. The number of benzene rings is 3. The van der Waals surface area contributed by atoms with E-state index in [1.54, 1.807) is 18.3 Å². The van der Waals surface area contributed by atoms with Gasteiger partial charge >= 0.3 is 0 Å². The standard InChI is InChI=1S/C27H26N6O3S/c28-12-3-13-33(37(34)35)23-10-8-20(9-11-23)25-7-1-4-21-19-29-27(31-26(21)25)30-22-5-2-6-24(18-22)32-14-16-36-17-15-32/h1-2,4-11,18-19H,3,13-17H2,(H,34,35)(H,29,30,31). The number of rotatable bonds is 8. The van der Waals surface area contributed by atoms with Crippen LogP contribution in [0.3, 0.4) is 0 Å². The molecule has 1 fully saturated rings. The Hall–Kier alpha value is -4.04. The molecule has 2 heterocycles. The average molecular weight is 515 g/mol. The molecular weight excluding hydrogens is 488 g/mol. The summed E-state index contributed by atoms with van der Waals surface area (Å²) in [6, 6.07) is 23.4. The van der Waals surface area contributed by atoms with Gasteiger partial charge < -0.3 is 15.0 Å². The van der Waals surface area contributed by atoms with Crippen molar-refractivity contribution in [3.8, 4) is 17.2 Å². The quantitative estimate of drug-likeness (QED) is 0.324. The number of hydrogen-bond acceptors (Lipinski definition) is 7. The van der Waals surface area contributed by atoms with Crippen molar-refractivity contribution < 1.29 is 13.5 Å². The van der Waals surface area contributed by atoms with Gasteiger partial charge in [-0.05, 0) is 35.9 Å². The van der Waals surface area contributed by atoms with E-state index < -0.39 is 11.3 Å². The maximum Gasteiger partial charge on any atom is 0.261 e. The van der Waals surface area contributed by atoms with E-state index in [9.17, 15) is 8.76 Å². The summed E-state index contributed by atoms with van der Waals surface area (Å²) in [4.78, 5) is 11.6. The average Bonchev–Trinajstić information content (AvgIpc) is 2.94. The van der Waals surface area contributed by atoms with Crippen LogP contribution in [0.5, 0.6) is 0 Å². The van der Waals surface area contributed by atoms with E-state index in [-0.39, 0.29) is 13.0 Å². The van der Waals surface area contributed by atoms with Crippen LogP contribution in [0.4, 0.5) is 23.0 Å². The Labute approximate surface area is 217 Å². The van der Waals surface area contributed by atoms with E-state index in [1.165, 1.54) is 4.31 Å². The molecule has 1 saturated heterocycles. The fourth-order valence-corrected chi connectivity index (χ4v) is 4.89. The molecule has 0 amide bonds. The highest BCUT2D eigenvalue weighted by atomic mass is 32.2. The number of anilines is 4. The minimum atomic E-state index is -2.21. The van der Waals surface area contributed by atoms with Crippen molar-refractivity contribution in [2.24, 2.45) is 0 Å². The van der Waals surface area contributed by atoms with Gasteiger partial charge in [-0.1, -0.05) is 36.4 Å². The summed E-state index contributed by atoms with van der Waals surface area (Å²) in [7, 11) is 0. The number of para-hydroxylation sites is 1. The zero-order chi connectivity index (χ0) is 25.6. The van der Waals surface area contributed by atoms with Gasteiger partial charge in [-0.15, -0.1) is 0 Å². The molecule has 4 aromatic rings. The summed E-state index contributed by atoms with van der Waals surface area (Å²) in [5.74, 6) is 0.494. The lowest BCUT2D eigenvalue weighted by molar-refractivity contribution is 0.122. The molecule has 5 rings (SSSR count). The molecule has 10 heteroatoms. The topological polar surface area (TPSA) is 115 Å². The second-order valence-electron chi connectivity index (χ2n) is 8.50. The lowest BCUT2D eigenvalue weighted by Gasteiger charge is -2.29. The first-order chi connectivity index (χ1) is 18.1. The van der Waals surface area contributed by atoms with Gasteiger partial charge in [-0.25, -0.2) is 14.2 Å². The molecule has 1 aliphatic heterocycles. The molecule has 0 saturated carbocycles. The number of ether oxygens (including phenoxy) is 1. The molecule has 9 nitrogen and oxygen atoms in total. The summed E-state index contributed by atoms with van der Waals surface area (Å²) < 4.78 is 28.1. The summed E-state index contributed by atoms with van der Waals surface area (Å²) in [6.45, 7) is 3.35. The number of fused-ring (bicyclic) bond motifs is 1. The summed E-state index contributed by atoms with van der Waals surface area (Å²) in [5.41, 5.74) is 5.23. The third-order valence-electron chi connectivity index (χ3n) is 6.17. The molecule has 3 aromatic carbocycles. The first-order valence-corrected chi connectivity index (χ1v) is 13.0. The molecule has 1 unspecified atom stereocenters. The van der Waals surface area contributed by atoms with Crippen LogP contribution in [0.15, 0.2) is 72.9 Å². The van der Waals surface area contributed by atoms with Crippen LogP contribution in [0, 0.1) is 11.3 Å². The van der Waals surface area contributed by atoms with Crippen LogP contribution in [-0.4, -0.2) is 51.6 Å². The molecule has 37 heavy (non-hydrogen) atoms. The molecule has 0 radical (unpaired) electrons. The predicted octanol–water partition coefficient (Wildman–Crippen LogP) is 4.73. The zero-order valence-corrected chi connectivity index (χ0v) is 20.9. The van der Waals surface area contributed by atoms with Gasteiger partial charge in [0.05, 0.1) is 36.9 Å². The highest BCUT2D eigenvalue weighted by Crippen LogP contribution is 2.30. The number of aromatic nitrogens is 2. The van der Waals surface area contributed by atoms with Crippen LogP contribution >= 0.6 is 0 Å². The Morgan fingerprint density at radius 1 is 1.11 bits per heavy atom. The Morgan fingerprint density at radius 3 is 2.65 bits per heavy atom. The first kappa shape index (κ1) is 24.6. The monoisotopic (exact) mass is 514 g/mol. The van der Waals surface area contributed by atoms with Crippen LogP contribution in [0.1, 0.15) is 6.42 Å². The van der Waals surface area contributed by atoms with Crippen LogP contribution < -0.4 is 14.5 Å². The molecule has 0 aliphatic carbocycles. The lowest BCUT2D eigenvalue weighted by atomic mass is 10.0. The highest BCUT2D eigenvalue weighted by molar-refractivity contribution is 7.80. The van der Waals surface area contributed by atoms with Crippen molar-refractivity contribution in [2.75, 3.05) is 47.4 Å². The molecule has 1 atom stereocenters. The molecule has 1 aromatic heterocycles. The maximum absolute atomic E-state index is 11.7. The zero-order valence-electron chi connectivity index (χ0n) is 20.1. The van der Waals surface area contributed by atoms with Gasteiger partial charge in [-0.3, -0.25) is 8.86 Å². The van der Waals surface area contributed by atoms with Gasteiger partial charge in [0.1, 0.15) is 0 Å². The molecule has 188 valence electrons. The van der Waals surface area contributed by atoms with Crippen molar-refractivity contribution in [3.63, 3.8) is 0 Å². The van der Waals surface area contributed by atoms with Crippen LogP contribution in [0.25, 0.3) is 22.0 Å². The summed E-state index contributed by atoms with van der Waals surface area (Å²) in [5, 5.41) is 13.1. The second kappa shape index (κ2) is 11.3. The summed E-state index contributed by atoms with van der Waals surface area (Å²) in [6.07, 6.45) is 1.95. The molecule has 2 N–H and O–H groups in total. The molecular formula is C27H26N6O3S. The van der Waals surface area contributed by atoms with E-state index in [4.69, 9.17) is 15.0 Å². The smallest absolute Gasteiger partial charge is 0.261 e. The predicted molar refractivity (Wildman–Crippen MR) is 146 cm³/mol. The number of nitrogens with zero attached hydrogens (tertiary/aromatic N) is 5. The molecule has 0 spiro atoms. The number of nitrogens with one attached hydrogen (secondary N) is 1. The van der Waals surface area contributed by atoms with Gasteiger partial charge in [0.2, 0.25) is 5.95 Å². The summed E-state index contributed by atoms with van der Waals surface area (Å²) >= 11 is -2.21. The first-order valence-electron chi connectivity index (χ1n) is 11.9. The Balaban J connectivity index is 1.42. The SMILES string of the molecule is N#CCCN(c1ccc(-c2cccc3cnc(Nc4cccc(N5CCOCC5)c4)nc23)cc1)S(=O)O. The van der Waals surface area contributed by atoms with Crippen molar-refractivity contribution in [1.29, 1.82) is 5.26 Å². The van der Waals surface area contributed by atoms with E-state index in [0.29, 0.717) is 11.6 Å². The highest BCUT2D eigenvalue weighted by Gasteiger charge is 2.14. The van der Waals surface area contributed by atoms with E-state index in [2.05, 4.69) is 27.3 Å². The van der Waals surface area contributed by atoms with Crippen molar-refractivity contribution >= 4 is 45.2 Å². The third kappa shape index (κ3) is 5.70. The van der Waals surface area contributed by atoms with Gasteiger partial charge in [0.15, 0.2) is 0 Å². The van der Waals surface area contributed by atoms with Gasteiger partial charge in [0, 0.05) is 48.2 Å². The van der Waals surface area contributed by atoms with Crippen molar-refractivity contribution in [1.82, 2.24) is 9.97 Å². The fraction of sp³-hybridized carbons (Fsp3) is 0.222. The number of hydrogen-bond donors (Lipinski definition) is 2. The second-order valence-corrected chi connectivity index (χ2v) is 9.40. The minimum absolute atomic E-state index is 0.152. The Kier molecular flexibility index (Phi) is 7.56. The van der Waals surface area contributed by atoms with Crippen LogP contribution in [-0.2, 0) is 16.0 Å². The molecule has 0 bridgehead atoms.